The molecule has 0 atom stereocenters. The molecular weight excluding hydrogens is 464 g/mol. The van der Waals surface area contributed by atoms with Crippen LogP contribution in [0, 0.1) is 27.7 Å². The van der Waals surface area contributed by atoms with Crippen LogP contribution in [-0.4, -0.2) is 10.2 Å². The summed E-state index contributed by atoms with van der Waals surface area (Å²) in [6.07, 6.45) is 24.8. The standard InChI is InChI=1S/C36H58O2/c1-6-7-8-9-10-11-12-13-14-15-16-17-18-19-20-21-22-23-34(32-24-28(2)35(37)29(3)25-32)33-26-30(4)36(38)31(5)27-33/h24-27,34,37-38H,6-23H2,1-5H3. The second-order valence-corrected chi connectivity index (χ2v) is 12.0. The number of aromatic hydroxyl groups is 2. The molecule has 0 aliphatic rings. The Bertz CT molecular complexity index is 825. The lowest BCUT2D eigenvalue weighted by Crippen LogP contribution is -2.04. The first kappa shape index (κ1) is 32.3. The highest BCUT2D eigenvalue weighted by molar-refractivity contribution is 5.49. The van der Waals surface area contributed by atoms with Crippen LogP contribution in [0.5, 0.6) is 11.5 Å². The topological polar surface area (TPSA) is 40.5 Å². The highest BCUT2D eigenvalue weighted by atomic mass is 16.3. The molecule has 0 fully saturated rings. The molecule has 0 radical (unpaired) electrons. The van der Waals surface area contributed by atoms with Crippen LogP contribution in [0.25, 0.3) is 0 Å². The number of benzene rings is 2. The van der Waals surface area contributed by atoms with Gasteiger partial charge in [0.1, 0.15) is 11.5 Å². The van der Waals surface area contributed by atoms with Crippen LogP contribution >= 0.6 is 0 Å². The molecule has 0 unspecified atom stereocenters. The number of phenols is 2. The molecule has 0 spiro atoms. The minimum atomic E-state index is 0.294. The average Bonchev–Trinajstić information content (AvgIpc) is 2.89. The first-order chi connectivity index (χ1) is 18.3. The number of phenolic OH excluding ortho intramolecular Hbond substituents is 2. The fourth-order valence-electron chi connectivity index (χ4n) is 5.98. The minimum Gasteiger partial charge on any atom is -0.507 e. The molecule has 2 nitrogen and oxygen atoms in total. The van der Waals surface area contributed by atoms with Crippen LogP contribution in [-0.2, 0) is 0 Å². The van der Waals surface area contributed by atoms with Crippen molar-refractivity contribution in [3.05, 3.63) is 57.6 Å². The zero-order valence-corrected chi connectivity index (χ0v) is 25.5. The van der Waals surface area contributed by atoms with Crippen molar-refractivity contribution in [1.82, 2.24) is 0 Å². The van der Waals surface area contributed by atoms with Gasteiger partial charge in [-0.2, -0.15) is 0 Å². The molecular formula is C36H58O2. The Kier molecular flexibility index (Phi) is 15.6. The lowest BCUT2D eigenvalue weighted by atomic mass is 9.83. The van der Waals surface area contributed by atoms with E-state index in [1.54, 1.807) is 0 Å². The summed E-state index contributed by atoms with van der Waals surface area (Å²) in [6, 6.07) is 8.60. The van der Waals surface area contributed by atoms with Gasteiger partial charge in [-0.05, 0) is 67.5 Å². The fourth-order valence-corrected chi connectivity index (χ4v) is 5.98. The maximum absolute atomic E-state index is 10.3. The molecule has 2 aromatic rings. The van der Waals surface area contributed by atoms with E-state index >= 15 is 0 Å². The van der Waals surface area contributed by atoms with Crippen LogP contribution in [0.3, 0.4) is 0 Å². The van der Waals surface area contributed by atoms with Crippen molar-refractivity contribution in [2.24, 2.45) is 0 Å². The van der Waals surface area contributed by atoms with E-state index in [9.17, 15) is 10.2 Å². The normalized spacial score (nSPS) is 11.5. The van der Waals surface area contributed by atoms with Crippen molar-refractivity contribution >= 4 is 0 Å². The van der Waals surface area contributed by atoms with Crippen molar-refractivity contribution in [2.75, 3.05) is 0 Å². The zero-order chi connectivity index (χ0) is 27.8. The van der Waals surface area contributed by atoms with Crippen molar-refractivity contribution in [2.45, 2.75) is 156 Å². The Morgan fingerprint density at radius 3 is 1.00 bits per heavy atom. The molecule has 0 amide bonds. The summed E-state index contributed by atoms with van der Waals surface area (Å²) in [5.74, 6) is 1.11. The third kappa shape index (κ3) is 11.4. The van der Waals surface area contributed by atoms with E-state index in [4.69, 9.17) is 0 Å². The molecule has 0 aromatic heterocycles. The van der Waals surface area contributed by atoms with E-state index in [1.165, 1.54) is 120 Å². The van der Waals surface area contributed by atoms with E-state index in [-0.39, 0.29) is 0 Å². The van der Waals surface area contributed by atoms with E-state index in [0.717, 1.165) is 28.7 Å². The summed E-state index contributed by atoms with van der Waals surface area (Å²) in [4.78, 5) is 0. The molecule has 2 N–H and O–H groups in total. The molecule has 0 heterocycles. The Labute approximate surface area is 235 Å². The van der Waals surface area contributed by atoms with Gasteiger partial charge in [0.05, 0.1) is 0 Å². The van der Waals surface area contributed by atoms with Crippen molar-refractivity contribution in [3.8, 4) is 11.5 Å². The van der Waals surface area contributed by atoms with E-state index < -0.39 is 0 Å². The van der Waals surface area contributed by atoms with Crippen LogP contribution in [0.4, 0.5) is 0 Å². The summed E-state index contributed by atoms with van der Waals surface area (Å²) in [5, 5.41) is 20.6. The van der Waals surface area contributed by atoms with Gasteiger partial charge in [-0.1, -0.05) is 140 Å². The molecule has 2 rings (SSSR count). The SMILES string of the molecule is CCCCCCCCCCCCCCCCCCCC(c1cc(C)c(O)c(C)c1)c1cc(C)c(O)c(C)c1. The molecule has 0 saturated heterocycles. The summed E-state index contributed by atoms with van der Waals surface area (Å²) < 4.78 is 0. The van der Waals surface area contributed by atoms with Gasteiger partial charge in [0.2, 0.25) is 0 Å². The van der Waals surface area contributed by atoms with E-state index in [0.29, 0.717) is 17.4 Å². The predicted molar refractivity (Wildman–Crippen MR) is 166 cm³/mol. The third-order valence-corrected chi connectivity index (χ3v) is 8.43. The zero-order valence-electron chi connectivity index (χ0n) is 25.5. The number of unbranched alkanes of at least 4 members (excludes halogenated alkanes) is 16. The second-order valence-electron chi connectivity index (χ2n) is 12.0. The summed E-state index contributed by atoms with van der Waals surface area (Å²) in [5.41, 5.74) is 6.33. The molecule has 0 bridgehead atoms. The van der Waals surface area contributed by atoms with Gasteiger partial charge in [-0.3, -0.25) is 0 Å². The second kappa shape index (κ2) is 18.3. The molecule has 2 aromatic carbocycles. The van der Waals surface area contributed by atoms with Crippen LogP contribution in [0.2, 0.25) is 0 Å². The highest BCUT2D eigenvalue weighted by Crippen LogP contribution is 2.37. The smallest absolute Gasteiger partial charge is 0.121 e. The molecule has 0 aliphatic heterocycles. The van der Waals surface area contributed by atoms with Gasteiger partial charge < -0.3 is 10.2 Å². The van der Waals surface area contributed by atoms with Gasteiger partial charge in [-0.15, -0.1) is 0 Å². The predicted octanol–water partition coefficient (Wildman–Crippen LogP) is 11.5. The lowest BCUT2D eigenvalue weighted by Gasteiger charge is -2.21. The summed E-state index contributed by atoms with van der Waals surface area (Å²) in [6.45, 7) is 10.3. The van der Waals surface area contributed by atoms with Crippen molar-refractivity contribution < 1.29 is 10.2 Å². The van der Waals surface area contributed by atoms with E-state index in [1.807, 2.05) is 27.7 Å². The third-order valence-electron chi connectivity index (χ3n) is 8.43. The quantitative estimate of drug-likeness (QED) is 0.170. The van der Waals surface area contributed by atoms with Crippen LogP contribution < -0.4 is 0 Å². The summed E-state index contributed by atoms with van der Waals surface area (Å²) in [7, 11) is 0. The van der Waals surface area contributed by atoms with Gasteiger partial charge in [0.15, 0.2) is 0 Å². The summed E-state index contributed by atoms with van der Waals surface area (Å²) >= 11 is 0. The van der Waals surface area contributed by atoms with Crippen LogP contribution in [0.15, 0.2) is 24.3 Å². The fraction of sp³-hybridized carbons (Fsp3) is 0.667. The van der Waals surface area contributed by atoms with Gasteiger partial charge in [-0.25, -0.2) is 0 Å². The van der Waals surface area contributed by atoms with Crippen LogP contribution in [0.1, 0.15) is 162 Å². The number of hydrogen-bond acceptors (Lipinski definition) is 2. The van der Waals surface area contributed by atoms with Crippen molar-refractivity contribution in [3.63, 3.8) is 0 Å². The number of aryl methyl sites for hydroxylation is 4. The molecule has 0 aliphatic carbocycles. The number of hydrogen-bond donors (Lipinski definition) is 2. The van der Waals surface area contributed by atoms with Gasteiger partial charge >= 0.3 is 0 Å². The van der Waals surface area contributed by atoms with E-state index in [2.05, 4.69) is 31.2 Å². The molecule has 0 saturated carbocycles. The molecule has 214 valence electrons. The van der Waals surface area contributed by atoms with Gasteiger partial charge in [0.25, 0.3) is 0 Å². The maximum atomic E-state index is 10.3. The Morgan fingerprint density at radius 2 is 0.711 bits per heavy atom. The Morgan fingerprint density at radius 1 is 0.447 bits per heavy atom. The first-order valence-corrected chi connectivity index (χ1v) is 15.9. The lowest BCUT2D eigenvalue weighted by molar-refractivity contribution is 0.465. The number of rotatable bonds is 20. The first-order valence-electron chi connectivity index (χ1n) is 15.9. The average molecular weight is 523 g/mol. The molecule has 38 heavy (non-hydrogen) atoms. The monoisotopic (exact) mass is 522 g/mol. The molecule has 2 heteroatoms. The Balaban J connectivity index is 1.68. The largest absolute Gasteiger partial charge is 0.507 e. The minimum absolute atomic E-state index is 0.294. The highest BCUT2D eigenvalue weighted by Gasteiger charge is 2.18. The van der Waals surface area contributed by atoms with Crippen molar-refractivity contribution in [1.29, 1.82) is 0 Å². The Hall–Kier alpha value is -1.96. The van der Waals surface area contributed by atoms with Gasteiger partial charge in [0, 0.05) is 5.92 Å². The maximum Gasteiger partial charge on any atom is 0.121 e.